The molecule has 2 aliphatic heterocycles. The van der Waals surface area contributed by atoms with Gasteiger partial charge in [-0.15, -0.1) is 9.14 Å². The second-order valence-electron chi connectivity index (χ2n) is 15.0. The Hall–Kier alpha value is -3.53. The largest absolute Gasteiger partial charge is 0.473 e. The lowest BCUT2D eigenvalue weighted by atomic mass is 9.68. The van der Waals surface area contributed by atoms with E-state index in [1.807, 2.05) is 0 Å². The number of pyridine rings is 2. The van der Waals surface area contributed by atoms with Crippen LogP contribution in [0.2, 0.25) is 0 Å². The van der Waals surface area contributed by atoms with Crippen LogP contribution >= 0.6 is 0 Å². The molecule has 9 rings (SSSR count). The van der Waals surface area contributed by atoms with Gasteiger partial charge in [0.05, 0.1) is 16.5 Å². The van der Waals surface area contributed by atoms with Crippen molar-refractivity contribution in [2.45, 2.75) is 122 Å². The van der Waals surface area contributed by atoms with Gasteiger partial charge in [0.15, 0.2) is 18.0 Å². The summed E-state index contributed by atoms with van der Waals surface area (Å²) in [5.41, 5.74) is 12.2. The van der Waals surface area contributed by atoms with Gasteiger partial charge in [0, 0.05) is 60.1 Å². The van der Waals surface area contributed by atoms with E-state index in [0.29, 0.717) is 12.1 Å². The maximum Gasteiger partial charge on any atom is 0.473 e. The van der Waals surface area contributed by atoms with Gasteiger partial charge in [-0.1, -0.05) is 63.8 Å². The molecule has 4 heterocycles. The Balaban J connectivity index is 1.52. The predicted molar refractivity (Wildman–Crippen MR) is 179 cm³/mol. The van der Waals surface area contributed by atoms with Crippen molar-refractivity contribution in [1.29, 1.82) is 0 Å². The Morgan fingerprint density at radius 2 is 1.57 bits per heavy atom. The number of hydrogen-bond acceptors (Lipinski definition) is 2. The second-order valence-corrected chi connectivity index (χ2v) is 15.0. The summed E-state index contributed by atoms with van der Waals surface area (Å²) >= 11 is 0. The van der Waals surface area contributed by atoms with Crippen molar-refractivity contribution in [3.05, 3.63) is 82.8 Å². The van der Waals surface area contributed by atoms with Crippen LogP contribution in [0.1, 0.15) is 114 Å². The molecule has 4 nitrogen and oxygen atoms in total. The zero-order valence-corrected chi connectivity index (χ0v) is 27.2. The summed E-state index contributed by atoms with van der Waals surface area (Å²) in [5, 5.41) is 4.14. The monoisotopic (exact) mass is 582 g/mol. The Bertz CT molecular complexity index is 1950. The zero-order valence-electron chi connectivity index (χ0n) is 27.2. The van der Waals surface area contributed by atoms with E-state index in [1.54, 1.807) is 0 Å². The molecule has 1 unspecified atom stereocenters. The maximum atomic E-state index is 5.17. The topological polar surface area (TPSA) is 23.0 Å². The highest BCUT2D eigenvalue weighted by Gasteiger charge is 2.71. The zero-order chi connectivity index (χ0) is 30.0. The van der Waals surface area contributed by atoms with Crippen LogP contribution < -0.4 is 4.57 Å². The van der Waals surface area contributed by atoms with Gasteiger partial charge in [-0.2, -0.15) is 0 Å². The predicted octanol–water partition coefficient (Wildman–Crippen LogP) is 8.62. The first-order valence-electron chi connectivity index (χ1n) is 17.4. The van der Waals surface area contributed by atoms with E-state index in [9.17, 15) is 0 Å². The van der Waals surface area contributed by atoms with Crippen LogP contribution in [0.3, 0.4) is 0 Å². The lowest BCUT2D eigenvalue weighted by Crippen LogP contribution is -2.75. The van der Waals surface area contributed by atoms with Crippen LogP contribution in [-0.4, -0.2) is 32.3 Å². The number of hydrogen-bond donors (Lipinski definition) is 0. The average molecular weight is 583 g/mol. The van der Waals surface area contributed by atoms with Gasteiger partial charge in [0.25, 0.3) is 0 Å². The highest BCUT2D eigenvalue weighted by molar-refractivity contribution is 6.05. The van der Waals surface area contributed by atoms with Crippen molar-refractivity contribution in [3.63, 3.8) is 0 Å². The Morgan fingerprint density at radius 3 is 2.34 bits per heavy atom. The van der Waals surface area contributed by atoms with Crippen LogP contribution in [0.25, 0.3) is 32.9 Å². The molecule has 4 heteroatoms. The van der Waals surface area contributed by atoms with Crippen molar-refractivity contribution in [2.24, 2.45) is 0 Å². The van der Waals surface area contributed by atoms with E-state index >= 15 is 0 Å². The number of fused-ring (bicyclic) bond motifs is 4. The minimum Gasteiger partial charge on any atom is -0.253 e. The molecular weight excluding hydrogens is 536 g/mol. The fraction of sp³-hybridized carbons (Fsp3) is 0.475. The van der Waals surface area contributed by atoms with Crippen molar-refractivity contribution >= 4 is 27.4 Å². The molecule has 2 saturated carbocycles. The fourth-order valence-corrected chi connectivity index (χ4v) is 10.4. The van der Waals surface area contributed by atoms with Crippen molar-refractivity contribution in [1.82, 2.24) is 9.88 Å². The third-order valence-electron chi connectivity index (χ3n) is 12.1. The first-order valence-corrected chi connectivity index (χ1v) is 17.4. The summed E-state index contributed by atoms with van der Waals surface area (Å²) in [5.74, 6) is -0.454. The summed E-state index contributed by atoms with van der Waals surface area (Å²) in [4.78, 5) is 8.10. The van der Waals surface area contributed by atoms with E-state index in [-0.39, 0.29) is 5.41 Å². The standard InChI is InChI=1S/C40H46N4/c1-25-22-32-35-34(41-25)20-21-42-38(35)36-33(39(32,4)5)24-28-14-12-13-19-31(28)37(36)40(42)43(29-15-8-6-9-16-29)26(2)23-27(3)44(40)30-17-10-7-11-18-30/h12-14,19-24,29-30H,6-11,15-18H2,1-5H3/q+2. The summed E-state index contributed by atoms with van der Waals surface area (Å²) in [6.45, 7) is 11.9. The molecule has 4 aromatic rings. The van der Waals surface area contributed by atoms with Gasteiger partial charge in [-0.25, -0.2) is 4.90 Å². The van der Waals surface area contributed by atoms with Crippen LogP contribution in [0.5, 0.6) is 0 Å². The van der Waals surface area contributed by atoms with Gasteiger partial charge < -0.3 is 0 Å². The van der Waals surface area contributed by atoms with Gasteiger partial charge in [0.2, 0.25) is 5.69 Å². The third-order valence-corrected chi connectivity index (χ3v) is 12.1. The van der Waals surface area contributed by atoms with E-state index in [4.69, 9.17) is 4.98 Å². The Labute approximate surface area is 262 Å². The molecule has 0 saturated heterocycles. The first kappa shape index (κ1) is 26.8. The quantitative estimate of drug-likeness (QED) is 0.221. The lowest BCUT2D eigenvalue weighted by Gasteiger charge is -2.46. The smallest absolute Gasteiger partial charge is 0.253 e. The van der Waals surface area contributed by atoms with Crippen LogP contribution in [-0.2, 0) is 11.2 Å². The van der Waals surface area contributed by atoms with Crippen molar-refractivity contribution in [2.75, 3.05) is 0 Å². The minimum absolute atomic E-state index is 0.137. The molecule has 44 heavy (non-hydrogen) atoms. The molecule has 3 aliphatic carbocycles. The Morgan fingerprint density at radius 1 is 0.841 bits per heavy atom. The fourth-order valence-electron chi connectivity index (χ4n) is 10.4. The minimum atomic E-state index is -0.454. The number of aromatic nitrogens is 2. The van der Waals surface area contributed by atoms with Gasteiger partial charge >= 0.3 is 5.79 Å². The Kier molecular flexibility index (Phi) is 5.64. The van der Waals surface area contributed by atoms with E-state index in [0.717, 1.165) is 11.2 Å². The molecule has 2 aromatic heterocycles. The molecule has 1 atom stereocenters. The highest BCUT2D eigenvalue weighted by Crippen LogP contribution is 2.58. The van der Waals surface area contributed by atoms with Gasteiger partial charge in [-0.3, -0.25) is 4.98 Å². The molecule has 1 spiro atoms. The molecule has 0 amide bonds. The number of allylic oxidation sites excluding steroid dienone is 2. The van der Waals surface area contributed by atoms with Crippen molar-refractivity contribution < 1.29 is 9.14 Å². The van der Waals surface area contributed by atoms with E-state index in [1.165, 1.54) is 120 Å². The first-order chi connectivity index (χ1) is 21.3. The van der Waals surface area contributed by atoms with E-state index < -0.39 is 5.79 Å². The number of benzene rings is 2. The molecule has 0 N–H and O–H groups in total. The van der Waals surface area contributed by atoms with Crippen molar-refractivity contribution in [3.8, 4) is 11.3 Å². The van der Waals surface area contributed by atoms with Gasteiger partial charge in [-0.05, 0) is 68.2 Å². The lowest BCUT2D eigenvalue weighted by molar-refractivity contribution is -0.945. The summed E-state index contributed by atoms with van der Waals surface area (Å²) in [7, 11) is 0. The van der Waals surface area contributed by atoms with Crippen LogP contribution in [0, 0.1) is 6.92 Å². The molecule has 224 valence electrons. The molecule has 2 aromatic carbocycles. The van der Waals surface area contributed by atoms with Crippen LogP contribution in [0.4, 0.5) is 0 Å². The summed E-state index contributed by atoms with van der Waals surface area (Å²) in [6, 6.07) is 17.6. The number of rotatable bonds is 2. The SMILES string of the molecule is CC1=CC(C)=[N+](C2CCCCC2)C2(c3c4c(cc5ccccc35)C(C)(C)c3cc(C)nc5cc[n+]2c-4c35)N1C1CCCCC1. The second kappa shape index (κ2) is 9.25. The molecule has 5 aliphatic rings. The average Bonchev–Trinajstić information content (AvgIpc) is 3.31. The van der Waals surface area contributed by atoms with E-state index in [2.05, 4.69) is 103 Å². The summed E-state index contributed by atoms with van der Waals surface area (Å²) in [6.07, 6.45) is 18.0. The van der Waals surface area contributed by atoms with Crippen LogP contribution in [0.15, 0.2) is 60.4 Å². The number of aryl methyl sites for hydroxylation is 1. The number of nitrogens with zero attached hydrogens (tertiary/aromatic N) is 4. The van der Waals surface area contributed by atoms with Gasteiger partial charge in [0.1, 0.15) is 5.56 Å². The molecule has 2 fully saturated rings. The molecule has 0 radical (unpaired) electrons. The highest BCUT2D eigenvalue weighted by atomic mass is 15.5. The normalized spacial score (nSPS) is 24.6. The molecular formula is C40H46N4+2. The third kappa shape index (κ3) is 3.27. The molecule has 0 bridgehead atoms. The summed E-state index contributed by atoms with van der Waals surface area (Å²) < 4.78 is 5.69. The maximum absolute atomic E-state index is 5.17.